The number of nitrogens with two attached hydrogens (primary N) is 1. The van der Waals surface area contributed by atoms with Gasteiger partial charge in [0.1, 0.15) is 17.1 Å². The Balaban J connectivity index is 1.76. The van der Waals surface area contributed by atoms with Gasteiger partial charge in [-0.2, -0.15) is 5.10 Å². The number of para-hydroxylation sites is 1. The first-order valence-corrected chi connectivity index (χ1v) is 7.87. The van der Waals surface area contributed by atoms with Gasteiger partial charge in [0.25, 0.3) is 5.91 Å². The highest BCUT2D eigenvalue weighted by atomic mass is 16.5. The van der Waals surface area contributed by atoms with E-state index in [2.05, 4.69) is 20.8 Å². The first kappa shape index (κ1) is 16.4. The van der Waals surface area contributed by atoms with Crippen molar-refractivity contribution in [3.8, 4) is 5.75 Å². The number of H-pyrrole nitrogens is 1. The van der Waals surface area contributed by atoms with Gasteiger partial charge in [-0.15, -0.1) is 0 Å². The molecule has 3 aromatic rings. The largest absolute Gasteiger partial charge is 0.494 e. The van der Waals surface area contributed by atoms with Crippen molar-refractivity contribution in [3.63, 3.8) is 0 Å². The topological polar surface area (TPSA) is 105 Å². The van der Waals surface area contributed by atoms with Gasteiger partial charge in [-0.3, -0.25) is 9.89 Å². The van der Waals surface area contributed by atoms with Gasteiger partial charge < -0.3 is 21.1 Å². The highest BCUT2D eigenvalue weighted by Gasteiger charge is 2.19. The summed E-state index contributed by atoms with van der Waals surface area (Å²) in [5.74, 6) is 0.956. The molecule has 25 heavy (non-hydrogen) atoms. The second kappa shape index (κ2) is 7.39. The molecule has 1 heterocycles. The first-order valence-electron chi connectivity index (χ1n) is 7.87. The predicted molar refractivity (Wildman–Crippen MR) is 98.3 cm³/mol. The van der Waals surface area contributed by atoms with Crippen LogP contribution in [0.3, 0.4) is 0 Å². The molecule has 0 aliphatic heterocycles. The average Bonchev–Trinajstić information content (AvgIpc) is 2.98. The molecule has 0 bridgehead atoms. The number of rotatable bonds is 6. The van der Waals surface area contributed by atoms with E-state index in [0.717, 1.165) is 11.4 Å². The Kier molecular flexibility index (Phi) is 4.84. The molecule has 0 saturated carbocycles. The van der Waals surface area contributed by atoms with E-state index in [1.807, 2.05) is 37.3 Å². The van der Waals surface area contributed by atoms with E-state index in [0.29, 0.717) is 18.1 Å². The van der Waals surface area contributed by atoms with Gasteiger partial charge >= 0.3 is 0 Å². The van der Waals surface area contributed by atoms with Crippen molar-refractivity contribution in [1.29, 1.82) is 0 Å². The third-order valence-corrected chi connectivity index (χ3v) is 3.48. The smallest absolute Gasteiger partial charge is 0.263 e. The molecule has 0 radical (unpaired) electrons. The van der Waals surface area contributed by atoms with Gasteiger partial charge in [0.15, 0.2) is 5.82 Å². The van der Waals surface area contributed by atoms with Crippen molar-refractivity contribution < 1.29 is 9.53 Å². The van der Waals surface area contributed by atoms with Gasteiger partial charge in [0, 0.05) is 11.4 Å². The number of aromatic amines is 1. The molecule has 0 aliphatic carbocycles. The van der Waals surface area contributed by atoms with Crippen LogP contribution in [-0.4, -0.2) is 22.7 Å². The second-order valence-corrected chi connectivity index (χ2v) is 5.26. The fourth-order valence-electron chi connectivity index (χ4n) is 2.33. The minimum atomic E-state index is -0.353. The van der Waals surface area contributed by atoms with Crippen LogP contribution in [0.1, 0.15) is 17.3 Å². The van der Waals surface area contributed by atoms with Crippen molar-refractivity contribution >= 4 is 28.9 Å². The zero-order valence-electron chi connectivity index (χ0n) is 13.7. The van der Waals surface area contributed by atoms with Gasteiger partial charge in [0.05, 0.1) is 6.61 Å². The van der Waals surface area contributed by atoms with Crippen LogP contribution in [0.15, 0.2) is 54.6 Å². The van der Waals surface area contributed by atoms with Gasteiger partial charge in [-0.25, -0.2) is 0 Å². The van der Waals surface area contributed by atoms with E-state index in [-0.39, 0.29) is 17.3 Å². The maximum Gasteiger partial charge on any atom is 0.263 e. The van der Waals surface area contributed by atoms with Gasteiger partial charge in [0.2, 0.25) is 0 Å². The average molecular weight is 337 g/mol. The van der Waals surface area contributed by atoms with E-state index in [1.165, 1.54) is 0 Å². The molecule has 5 N–H and O–H groups in total. The molecule has 0 saturated heterocycles. The molecule has 0 unspecified atom stereocenters. The first-order chi connectivity index (χ1) is 12.2. The van der Waals surface area contributed by atoms with Crippen molar-refractivity contribution in [2.24, 2.45) is 0 Å². The van der Waals surface area contributed by atoms with E-state index in [1.54, 1.807) is 24.3 Å². The Morgan fingerprint density at radius 1 is 1.12 bits per heavy atom. The summed E-state index contributed by atoms with van der Waals surface area (Å²) in [6, 6.07) is 16.5. The normalized spacial score (nSPS) is 10.3. The maximum atomic E-state index is 12.6. The van der Waals surface area contributed by atoms with E-state index in [9.17, 15) is 4.79 Å². The number of carbonyl (C=O) groups is 1. The lowest BCUT2D eigenvalue weighted by molar-refractivity contribution is 0.102. The van der Waals surface area contributed by atoms with Crippen LogP contribution in [0.25, 0.3) is 0 Å². The van der Waals surface area contributed by atoms with E-state index < -0.39 is 0 Å². The molecule has 128 valence electrons. The fourth-order valence-corrected chi connectivity index (χ4v) is 2.33. The minimum Gasteiger partial charge on any atom is -0.494 e. The third kappa shape index (κ3) is 3.89. The van der Waals surface area contributed by atoms with Crippen molar-refractivity contribution in [3.05, 3.63) is 60.2 Å². The Morgan fingerprint density at radius 2 is 1.84 bits per heavy atom. The summed E-state index contributed by atoms with van der Waals surface area (Å²) in [6.07, 6.45) is 0. The molecule has 2 aromatic carbocycles. The van der Waals surface area contributed by atoms with Crippen LogP contribution in [0, 0.1) is 0 Å². The molecule has 7 nitrogen and oxygen atoms in total. The maximum absolute atomic E-state index is 12.6. The van der Waals surface area contributed by atoms with Crippen LogP contribution in [0.2, 0.25) is 0 Å². The van der Waals surface area contributed by atoms with Crippen molar-refractivity contribution in [2.75, 3.05) is 23.0 Å². The molecule has 1 aromatic heterocycles. The summed E-state index contributed by atoms with van der Waals surface area (Å²) < 4.78 is 5.38. The predicted octanol–water partition coefficient (Wildman–Crippen LogP) is 3.39. The summed E-state index contributed by atoms with van der Waals surface area (Å²) in [7, 11) is 0. The number of benzene rings is 2. The summed E-state index contributed by atoms with van der Waals surface area (Å²) >= 11 is 0. The Labute approximate surface area is 145 Å². The molecule has 3 rings (SSSR count). The standard InChI is InChI=1S/C18H19N5O2/c1-2-25-14-10-8-13(9-11-14)21-18(24)15-16(19)22-23-17(15)20-12-6-4-3-5-7-12/h3-11H,2H2,1H3,(H,21,24)(H4,19,20,22,23). The van der Waals surface area contributed by atoms with Crippen LogP contribution < -0.4 is 21.1 Å². The minimum absolute atomic E-state index is 0.196. The second-order valence-electron chi connectivity index (χ2n) is 5.26. The molecule has 0 fully saturated rings. The fraction of sp³-hybridized carbons (Fsp3) is 0.111. The number of nitrogen functional groups attached to an aromatic ring is 1. The van der Waals surface area contributed by atoms with Crippen LogP contribution in [0.5, 0.6) is 5.75 Å². The number of nitrogens with zero attached hydrogens (tertiary/aromatic N) is 1. The number of anilines is 4. The van der Waals surface area contributed by atoms with Crippen LogP contribution in [0.4, 0.5) is 23.0 Å². The number of hydrogen-bond donors (Lipinski definition) is 4. The number of aromatic nitrogens is 2. The molecule has 1 amide bonds. The van der Waals surface area contributed by atoms with Crippen molar-refractivity contribution in [1.82, 2.24) is 10.2 Å². The molecule has 0 spiro atoms. The lowest BCUT2D eigenvalue weighted by Gasteiger charge is -2.09. The number of amides is 1. The number of carbonyl (C=O) groups excluding carboxylic acids is 1. The van der Waals surface area contributed by atoms with E-state index in [4.69, 9.17) is 10.5 Å². The number of nitrogens with one attached hydrogen (secondary N) is 3. The molecule has 0 atom stereocenters. The number of ether oxygens (including phenoxy) is 1. The third-order valence-electron chi connectivity index (χ3n) is 3.48. The Morgan fingerprint density at radius 3 is 2.52 bits per heavy atom. The molecule has 0 aliphatic rings. The number of hydrogen-bond acceptors (Lipinski definition) is 5. The highest BCUT2D eigenvalue weighted by molar-refractivity contribution is 6.11. The summed E-state index contributed by atoms with van der Waals surface area (Å²) in [4.78, 5) is 12.6. The summed E-state index contributed by atoms with van der Waals surface area (Å²) in [5, 5.41) is 12.6. The monoisotopic (exact) mass is 337 g/mol. The van der Waals surface area contributed by atoms with E-state index >= 15 is 0 Å². The van der Waals surface area contributed by atoms with Gasteiger partial charge in [-0.05, 0) is 43.3 Å². The molecular weight excluding hydrogens is 318 g/mol. The molecular formula is C18H19N5O2. The summed E-state index contributed by atoms with van der Waals surface area (Å²) in [6.45, 7) is 2.50. The highest BCUT2D eigenvalue weighted by Crippen LogP contribution is 2.24. The van der Waals surface area contributed by atoms with Crippen LogP contribution in [-0.2, 0) is 0 Å². The van der Waals surface area contributed by atoms with Crippen molar-refractivity contribution in [2.45, 2.75) is 6.92 Å². The van der Waals surface area contributed by atoms with Gasteiger partial charge in [-0.1, -0.05) is 18.2 Å². The lowest BCUT2D eigenvalue weighted by Crippen LogP contribution is -2.14. The Bertz CT molecular complexity index is 844. The summed E-state index contributed by atoms with van der Waals surface area (Å²) in [5.41, 5.74) is 7.58. The zero-order valence-corrected chi connectivity index (χ0v) is 13.7. The van der Waals surface area contributed by atoms with Crippen LogP contribution >= 0.6 is 0 Å². The quantitative estimate of drug-likeness (QED) is 0.552. The Hall–Kier alpha value is -3.48. The molecule has 7 heteroatoms. The zero-order chi connectivity index (χ0) is 17.6. The lowest BCUT2D eigenvalue weighted by atomic mass is 10.2. The SMILES string of the molecule is CCOc1ccc(NC(=O)c2c(Nc3ccccc3)n[nH]c2N)cc1.